The Morgan fingerprint density at radius 3 is 2.25 bits per heavy atom. The van der Waals surface area contributed by atoms with Gasteiger partial charge in [0.25, 0.3) is 0 Å². The van der Waals surface area contributed by atoms with Crippen molar-refractivity contribution in [2.24, 2.45) is 0 Å². The standard InChI is InChI=1S/C9H5Cl3O4/c10-5-2-1-3-6(11)8(5)9(14)15-4-7(13)16-12/h1-3H,4H2. The van der Waals surface area contributed by atoms with Gasteiger partial charge in [0.1, 0.15) is 11.9 Å². The summed E-state index contributed by atoms with van der Waals surface area (Å²) in [7, 11) is 0. The van der Waals surface area contributed by atoms with Crippen LogP contribution in [-0.2, 0) is 13.8 Å². The van der Waals surface area contributed by atoms with Crippen LogP contribution in [0.25, 0.3) is 0 Å². The lowest BCUT2D eigenvalue weighted by atomic mass is 10.2. The fourth-order valence-corrected chi connectivity index (χ4v) is 1.51. The Hall–Kier alpha value is -0.970. The molecule has 0 radical (unpaired) electrons. The summed E-state index contributed by atoms with van der Waals surface area (Å²) in [6.07, 6.45) is 0. The summed E-state index contributed by atoms with van der Waals surface area (Å²) >= 11 is 16.2. The van der Waals surface area contributed by atoms with E-state index in [1.807, 2.05) is 0 Å². The molecule has 0 heterocycles. The van der Waals surface area contributed by atoms with Crippen molar-refractivity contribution in [2.75, 3.05) is 6.61 Å². The predicted octanol–water partition coefficient (Wildman–Crippen LogP) is 2.85. The maximum atomic E-state index is 11.5. The van der Waals surface area contributed by atoms with Crippen LogP contribution in [0.5, 0.6) is 0 Å². The van der Waals surface area contributed by atoms with Gasteiger partial charge >= 0.3 is 11.9 Å². The van der Waals surface area contributed by atoms with E-state index in [-0.39, 0.29) is 15.6 Å². The third kappa shape index (κ3) is 3.27. The highest BCUT2D eigenvalue weighted by Crippen LogP contribution is 2.24. The highest BCUT2D eigenvalue weighted by Gasteiger charge is 2.17. The van der Waals surface area contributed by atoms with Gasteiger partial charge in [-0.15, -0.1) is 0 Å². The molecule has 0 aliphatic heterocycles. The number of carbonyl (C=O) groups is 2. The number of rotatable bonds is 3. The Morgan fingerprint density at radius 1 is 1.19 bits per heavy atom. The summed E-state index contributed by atoms with van der Waals surface area (Å²) in [5.41, 5.74) is -0.00629. The van der Waals surface area contributed by atoms with Crippen LogP contribution in [0, 0.1) is 0 Å². The second-order valence-corrected chi connectivity index (χ2v) is 3.59. The smallest absolute Gasteiger partial charge is 0.362 e. The van der Waals surface area contributed by atoms with Crippen molar-refractivity contribution in [3.05, 3.63) is 33.8 Å². The van der Waals surface area contributed by atoms with E-state index in [4.69, 9.17) is 35.1 Å². The molecule has 86 valence electrons. The fraction of sp³-hybridized carbons (Fsp3) is 0.111. The molecule has 4 nitrogen and oxygen atoms in total. The van der Waals surface area contributed by atoms with Crippen molar-refractivity contribution in [2.45, 2.75) is 0 Å². The first-order valence-electron chi connectivity index (χ1n) is 3.99. The first-order valence-corrected chi connectivity index (χ1v) is 5.05. The molecule has 0 N–H and O–H groups in total. The lowest BCUT2D eigenvalue weighted by Crippen LogP contribution is -2.14. The minimum Gasteiger partial charge on any atom is -0.450 e. The predicted molar refractivity (Wildman–Crippen MR) is 58.7 cm³/mol. The van der Waals surface area contributed by atoms with Gasteiger partial charge in [0.15, 0.2) is 6.61 Å². The number of hydrogen-bond donors (Lipinski definition) is 0. The molecule has 0 unspecified atom stereocenters. The molecule has 7 heteroatoms. The minimum absolute atomic E-state index is 0.00629. The second-order valence-electron chi connectivity index (χ2n) is 2.62. The summed E-state index contributed by atoms with van der Waals surface area (Å²) in [4.78, 5) is 22.1. The quantitative estimate of drug-likeness (QED) is 0.800. The molecule has 16 heavy (non-hydrogen) atoms. The number of ether oxygens (including phenoxy) is 1. The summed E-state index contributed by atoms with van der Waals surface area (Å²) in [6.45, 7) is -0.607. The van der Waals surface area contributed by atoms with Gasteiger partial charge in [-0.25, -0.2) is 9.59 Å². The molecule has 0 spiro atoms. The maximum Gasteiger partial charge on any atom is 0.362 e. The lowest BCUT2D eigenvalue weighted by Gasteiger charge is -2.05. The number of carbonyl (C=O) groups excluding carboxylic acids is 2. The highest BCUT2D eigenvalue weighted by molar-refractivity contribution is 6.39. The maximum absolute atomic E-state index is 11.5. The van der Waals surface area contributed by atoms with E-state index in [2.05, 4.69) is 9.03 Å². The van der Waals surface area contributed by atoms with Gasteiger partial charge in [0, 0.05) is 0 Å². The monoisotopic (exact) mass is 282 g/mol. The topological polar surface area (TPSA) is 52.6 Å². The third-order valence-corrected chi connectivity index (χ3v) is 2.38. The van der Waals surface area contributed by atoms with E-state index >= 15 is 0 Å². The highest BCUT2D eigenvalue weighted by atomic mass is 35.5. The minimum atomic E-state index is -0.891. The molecule has 0 aliphatic carbocycles. The first kappa shape index (κ1) is 13.1. The van der Waals surface area contributed by atoms with Crippen LogP contribution in [0.4, 0.5) is 0 Å². The lowest BCUT2D eigenvalue weighted by molar-refractivity contribution is -0.137. The van der Waals surface area contributed by atoms with Crippen LogP contribution < -0.4 is 0 Å². The van der Waals surface area contributed by atoms with E-state index in [9.17, 15) is 9.59 Å². The number of benzene rings is 1. The van der Waals surface area contributed by atoms with E-state index in [1.165, 1.54) is 12.1 Å². The largest absolute Gasteiger partial charge is 0.450 e. The summed E-state index contributed by atoms with van der Waals surface area (Å²) in [5.74, 6) is -1.71. The van der Waals surface area contributed by atoms with E-state index in [0.29, 0.717) is 0 Å². The number of halogens is 3. The SMILES string of the molecule is O=C(COC(=O)c1c(Cl)cccc1Cl)OCl. The molecule has 0 bridgehead atoms. The van der Waals surface area contributed by atoms with Crippen LogP contribution in [0.3, 0.4) is 0 Å². The average Bonchev–Trinajstić information content (AvgIpc) is 2.25. The molecule has 0 aromatic heterocycles. The normalized spacial score (nSPS) is 9.69. The van der Waals surface area contributed by atoms with Crippen molar-refractivity contribution in [1.29, 1.82) is 0 Å². The molecular weight excluding hydrogens is 278 g/mol. The zero-order valence-corrected chi connectivity index (χ0v) is 9.97. The number of esters is 1. The molecule has 0 atom stereocenters. The van der Waals surface area contributed by atoms with Crippen LogP contribution in [-0.4, -0.2) is 18.5 Å². The fourth-order valence-electron chi connectivity index (χ4n) is 0.912. The van der Waals surface area contributed by atoms with E-state index < -0.39 is 18.5 Å². The Bertz CT molecular complexity index is 399. The van der Waals surface area contributed by atoms with E-state index in [1.54, 1.807) is 6.07 Å². The molecule has 0 saturated heterocycles. The van der Waals surface area contributed by atoms with Crippen LogP contribution >= 0.6 is 35.1 Å². The molecular formula is C9H5Cl3O4. The molecule has 0 amide bonds. The molecule has 1 rings (SSSR count). The second kappa shape index (κ2) is 5.94. The van der Waals surface area contributed by atoms with Gasteiger partial charge in [-0.3, -0.25) is 0 Å². The summed E-state index contributed by atoms with van der Waals surface area (Å²) in [6, 6.07) is 4.53. The summed E-state index contributed by atoms with van der Waals surface area (Å²) in [5, 5.41) is 0.272. The average molecular weight is 283 g/mol. The van der Waals surface area contributed by atoms with Crippen molar-refractivity contribution in [1.82, 2.24) is 0 Å². The van der Waals surface area contributed by atoms with Crippen molar-refractivity contribution >= 4 is 47.0 Å². The van der Waals surface area contributed by atoms with Gasteiger partial charge < -0.3 is 9.03 Å². The Balaban J connectivity index is 2.77. The van der Waals surface area contributed by atoms with Gasteiger partial charge in [-0.1, -0.05) is 29.3 Å². The molecule has 0 aliphatic rings. The molecule has 0 saturated carbocycles. The van der Waals surface area contributed by atoms with Crippen LogP contribution in [0.1, 0.15) is 10.4 Å². The van der Waals surface area contributed by atoms with Crippen molar-refractivity contribution in [3.63, 3.8) is 0 Å². The first-order chi connectivity index (χ1) is 7.56. The van der Waals surface area contributed by atoms with Gasteiger partial charge in [0.05, 0.1) is 15.6 Å². The van der Waals surface area contributed by atoms with Gasteiger partial charge in [0.2, 0.25) is 0 Å². The Morgan fingerprint density at radius 2 is 1.75 bits per heavy atom. The third-order valence-electron chi connectivity index (χ3n) is 1.57. The Kier molecular flexibility index (Phi) is 4.86. The Labute approximate surface area is 106 Å². The summed E-state index contributed by atoms with van der Waals surface area (Å²) < 4.78 is 8.36. The van der Waals surface area contributed by atoms with Crippen LogP contribution in [0.2, 0.25) is 10.0 Å². The zero-order chi connectivity index (χ0) is 12.1. The van der Waals surface area contributed by atoms with Gasteiger partial charge in [-0.05, 0) is 12.1 Å². The van der Waals surface area contributed by atoms with Crippen LogP contribution in [0.15, 0.2) is 18.2 Å². The van der Waals surface area contributed by atoms with Crippen molar-refractivity contribution < 1.29 is 18.6 Å². The van der Waals surface area contributed by atoms with Crippen molar-refractivity contribution in [3.8, 4) is 0 Å². The molecule has 0 fully saturated rings. The van der Waals surface area contributed by atoms with E-state index in [0.717, 1.165) is 0 Å². The van der Waals surface area contributed by atoms with Gasteiger partial charge in [-0.2, -0.15) is 0 Å². The number of hydrogen-bond acceptors (Lipinski definition) is 4. The zero-order valence-electron chi connectivity index (χ0n) is 7.71. The molecule has 1 aromatic carbocycles. The molecule has 1 aromatic rings.